The first kappa shape index (κ1) is 26.3. The largest absolute Gasteiger partial charge is 0.490 e. The van der Waals surface area contributed by atoms with E-state index in [4.69, 9.17) is 9.84 Å². The van der Waals surface area contributed by atoms with Crippen LogP contribution in [0.1, 0.15) is 102 Å². The van der Waals surface area contributed by atoms with Gasteiger partial charge in [0, 0.05) is 6.61 Å². The van der Waals surface area contributed by atoms with Gasteiger partial charge in [0.25, 0.3) is 0 Å². The van der Waals surface area contributed by atoms with Crippen LogP contribution in [0.5, 0.6) is 5.75 Å². The van der Waals surface area contributed by atoms with Gasteiger partial charge in [-0.1, -0.05) is 82.3 Å². The van der Waals surface area contributed by atoms with Gasteiger partial charge in [0.15, 0.2) is 0 Å². The van der Waals surface area contributed by atoms with E-state index in [0.29, 0.717) is 12.0 Å². The summed E-state index contributed by atoms with van der Waals surface area (Å²) >= 11 is 0. The van der Waals surface area contributed by atoms with Gasteiger partial charge in [0.1, 0.15) is 5.75 Å². The molecule has 0 radical (unpaired) electrons. The number of hydrogen-bond donors (Lipinski definition) is 1. The number of aliphatic hydroxyl groups excluding tert-OH is 1. The van der Waals surface area contributed by atoms with Crippen LogP contribution in [0.3, 0.4) is 0 Å². The summed E-state index contributed by atoms with van der Waals surface area (Å²) in [6.45, 7) is 4.66. The minimum absolute atomic E-state index is 0.176. The first-order valence-electron chi connectivity index (χ1n) is 13.5. The van der Waals surface area contributed by atoms with Crippen LogP contribution in [0, 0.1) is 16.7 Å². The Kier molecular flexibility index (Phi) is 10.5. The molecule has 3 nitrogen and oxygen atoms in total. The van der Waals surface area contributed by atoms with E-state index in [1.807, 2.05) is 0 Å². The van der Waals surface area contributed by atoms with E-state index >= 15 is 0 Å². The average Bonchev–Trinajstić information content (AvgIpc) is 2.89. The lowest BCUT2D eigenvalue weighted by atomic mass is 9.66. The highest BCUT2D eigenvalue weighted by Crippen LogP contribution is 2.46. The van der Waals surface area contributed by atoms with Crippen LogP contribution in [0.2, 0.25) is 0 Å². The Morgan fingerprint density at radius 3 is 2.29 bits per heavy atom. The van der Waals surface area contributed by atoms with Crippen molar-refractivity contribution in [1.29, 1.82) is 5.26 Å². The SMILES string of the molecule is CCCC(CC)Oc1ccc(-c2ccc(C3CCCC(C#N)(CCCCCCO)C3)cc2)cc1. The number of unbranched alkanes of at least 4 members (excludes halogenated alkanes) is 3. The summed E-state index contributed by atoms with van der Waals surface area (Å²) in [5.41, 5.74) is 3.63. The maximum absolute atomic E-state index is 10.0. The molecule has 1 N–H and O–H groups in total. The molecule has 3 atom stereocenters. The predicted octanol–water partition coefficient (Wildman–Crippen LogP) is 8.42. The van der Waals surface area contributed by atoms with Crippen LogP contribution < -0.4 is 4.74 Å². The Labute approximate surface area is 207 Å². The lowest BCUT2D eigenvalue weighted by Gasteiger charge is -2.36. The average molecular weight is 462 g/mol. The number of nitrogens with zero attached hydrogens (tertiary/aromatic N) is 1. The van der Waals surface area contributed by atoms with E-state index in [0.717, 1.165) is 76.4 Å². The molecule has 0 aliphatic heterocycles. The van der Waals surface area contributed by atoms with Crippen LogP contribution in [0.25, 0.3) is 11.1 Å². The monoisotopic (exact) mass is 461 g/mol. The van der Waals surface area contributed by atoms with Crippen LogP contribution in [-0.2, 0) is 0 Å². The standard InChI is InChI=1S/C31H43NO2/c1-3-10-29(4-2)34-30-18-16-26(17-19-30)25-12-14-27(15-13-25)28-11-9-21-31(23-28,24-32)20-7-5-6-8-22-33/h12-19,28-29,33H,3-11,20-23H2,1-2H3. The van der Waals surface area contributed by atoms with E-state index in [1.54, 1.807) is 0 Å². The van der Waals surface area contributed by atoms with Crippen LogP contribution in [-0.4, -0.2) is 17.8 Å². The van der Waals surface area contributed by atoms with Crippen molar-refractivity contribution in [3.63, 3.8) is 0 Å². The van der Waals surface area contributed by atoms with E-state index in [1.165, 1.54) is 23.1 Å². The molecule has 0 amide bonds. The number of ether oxygens (including phenoxy) is 1. The number of aliphatic hydroxyl groups is 1. The van der Waals surface area contributed by atoms with Crippen LogP contribution in [0.15, 0.2) is 48.5 Å². The first-order valence-corrected chi connectivity index (χ1v) is 13.5. The van der Waals surface area contributed by atoms with Crippen LogP contribution in [0.4, 0.5) is 0 Å². The van der Waals surface area contributed by atoms with Crippen molar-refractivity contribution in [1.82, 2.24) is 0 Å². The third-order valence-corrected chi connectivity index (χ3v) is 7.58. The Morgan fingerprint density at radius 1 is 1.00 bits per heavy atom. The molecule has 1 saturated carbocycles. The molecule has 34 heavy (non-hydrogen) atoms. The summed E-state index contributed by atoms with van der Waals surface area (Å²) < 4.78 is 6.13. The molecule has 3 rings (SSSR count). The Balaban J connectivity index is 1.60. The molecule has 2 aromatic carbocycles. The molecule has 1 aliphatic rings. The fourth-order valence-electron chi connectivity index (χ4n) is 5.49. The summed E-state index contributed by atoms with van der Waals surface area (Å²) in [7, 11) is 0. The van der Waals surface area contributed by atoms with Crippen molar-refractivity contribution in [3.05, 3.63) is 54.1 Å². The smallest absolute Gasteiger partial charge is 0.119 e. The van der Waals surface area contributed by atoms with Crippen LogP contribution >= 0.6 is 0 Å². The van der Waals surface area contributed by atoms with Gasteiger partial charge in [0.2, 0.25) is 0 Å². The molecule has 3 heteroatoms. The summed E-state index contributed by atoms with van der Waals surface area (Å²) in [6.07, 6.45) is 13.0. The van der Waals surface area contributed by atoms with E-state index in [-0.39, 0.29) is 12.0 Å². The summed E-state index contributed by atoms with van der Waals surface area (Å²) in [5.74, 6) is 1.42. The van der Waals surface area contributed by atoms with Gasteiger partial charge in [-0.2, -0.15) is 5.26 Å². The van der Waals surface area contributed by atoms with Gasteiger partial charge in [-0.05, 0) is 79.7 Å². The third kappa shape index (κ3) is 7.34. The zero-order valence-corrected chi connectivity index (χ0v) is 21.3. The fourth-order valence-corrected chi connectivity index (χ4v) is 5.49. The minimum Gasteiger partial charge on any atom is -0.490 e. The topological polar surface area (TPSA) is 53.2 Å². The minimum atomic E-state index is -0.176. The molecule has 1 fully saturated rings. The quantitative estimate of drug-likeness (QED) is 0.305. The number of benzene rings is 2. The molecule has 1 aliphatic carbocycles. The molecule has 3 unspecified atom stereocenters. The molecule has 0 spiro atoms. The van der Waals surface area contributed by atoms with Gasteiger partial charge < -0.3 is 9.84 Å². The van der Waals surface area contributed by atoms with Crippen molar-refractivity contribution in [3.8, 4) is 22.9 Å². The van der Waals surface area contributed by atoms with Crippen molar-refractivity contribution in [2.24, 2.45) is 5.41 Å². The second-order valence-electron chi connectivity index (χ2n) is 10.2. The zero-order chi connectivity index (χ0) is 24.2. The van der Waals surface area contributed by atoms with Gasteiger partial charge in [-0.15, -0.1) is 0 Å². The van der Waals surface area contributed by atoms with Gasteiger partial charge in [-0.3, -0.25) is 0 Å². The molecule has 0 aromatic heterocycles. The summed E-state index contributed by atoms with van der Waals surface area (Å²) in [5, 5.41) is 19.0. The van der Waals surface area contributed by atoms with Crippen molar-refractivity contribution < 1.29 is 9.84 Å². The normalized spacial score (nSPS) is 21.1. The number of rotatable bonds is 13. The second kappa shape index (κ2) is 13.5. The van der Waals surface area contributed by atoms with Crippen molar-refractivity contribution in [2.45, 2.75) is 103 Å². The van der Waals surface area contributed by atoms with Gasteiger partial charge in [0.05, 0.1) is 17.6 Å². The highest BCUT2D eigenvalue weighted by atomic mass is 16.5. The molecule has 0 saturated heterocycles. The molecule has 0 bridgehead atoms. The maximum atomic E-state index is 10.0. The molecular formula is C31H43NO2. The summed E-state index contributed by atoms with van der Waals surface area (Å²) in [4.78, 5) is 0. The Hall–Kier alpha value is -2.31. The van der Waals surface area contributed by atoms with Crippen molar-refractivity contribution >= 4 is 0 Å². The highest BCUT2D eigenvalue weighted by molar-refractivity contribution is 5.64. The molecule has 184 valence electrons. The molecular weight excluding hydrogens is 418 g/mol. The van der Waals surface area contributed by atoms with E-state index < -0.39 is 0 Å². The molecule has 0 heterocycles. The fraction of sp³-hybridized carbons (Fsp3) is 0.581. The number of nitriles is 1. The van der Waals surface area contributed by atoms with E-state index in [2.05, 4.69) is 68.4 Å². The third-order valence-electron chi connectivity index (χ3n) is 7.58. The second-order valence-corrected chi connectivity index (χ2v) is 10.2. The van der Waals surface area contributed by atoms with Gasteiger partial charge in [-0.25, -0.2) is 0 Å². The highest BCUT2D eigenvalue weighted by Gasteiger charge is 2.36. The predicted molar refractivity (Wildman–Crippen MR) is 141 cm³/mol. The summed E-state index contributed by atoms with van der Waals surface area (Å²) in [6, 6.07) is 20.2. The van der Waals surface area contributed by atoms with E-state index in [9.17, 15) is 5.26 Å². The molecule has 2 aromatic rings. The Bertz CT molecular complexity index is 883. The Morgan fingerprint density at radius 2 is 1.68 bits per heavy atom. The lowest BCUT2D eigenvalue weighted by molar-refractivity contribution is 0.186. The lowest BCUT2D eigenvalue weighted by Crippen LogP contribution is -2.26. The maximum Gasteiger partial charge on any atom is 0.119 e. The number of hydrogen-bond acceptors (Lipinski definition) is 3. The zero-order valence-electron chi connectivity index (χ0n) is 21.3. The first-order chi connectivity index (χ1) is 16.6. The van der Waals surface area contributed by atoms with Crippen molar-refractivity contribution in [2.75, 3.05) is 6.61 Å². The van der Waals surface area contributed by atoms with Gasteiger partial charge >= 0.3 is 0 Å².